The Morgan fingerprint density at radius 1 is 1.08 bits per heavy atom. The van der Waals surface area contributed by atoms with Gasteiger partial charge >= 0.3 is 5.97 Å². The molecule has 204 valence electrons. The number of aryl methyl sites for hydroxylation is 1. The molecule has 4 aliphatic rings. The number of fused-ring (bicyclic) bond motifs is 3. The van der Waals surface area contributed by atoms with Gasteiger partial charge in [-0.3, -0.25) is 19.5 Å². The van der Waals surface area contributed by atoms with Gasteiger partial charge in [-0.2, -0.15) is 0 Å². The van der Waals surface area contributed by atoms with Crippen molar-refractivity contribution in [3.63, 3.8) is 0 Å². The van der Waals surface area contributed by atoms with Gasteiger partial charge in [0.25, 0.3) is 5.91 Å². The van der Waals surface area contributed by atoms with Crippen molar-refractivity contribution in [1.29, 1.82) is 0 Å². The van der Waals surface area contributed by atoms with Crippen LogP contribution in [0.1, 0.15) is 85.0 Å². The molecule has 38 heavy (non-hydrogen) atoms. The molecular weight excluding hydrogens is 478 g/mol. The standard InChI is InChI=1S/C31H41N3O4/c35-22-27-11-10-25(20-33-27)29(36)32-16-5-2-7-23-8-6-9-26(19-23)31(14-3-1-4-15-31)30(37)38-28-21-34-17-12-24(28)13-18-34/h6,8-11,19-20,24,28,35H,1-5,7,12-18,21-22H2,(H,32,36)/t28-/m0/s1. The van der Waals surface area contributed by atoms with Crippen molar-refractivity contribution in [3.05, 3.63) is 65.0 Å². The molecule has 1 aromatic heterocycles. The lowest BCUT2D eigenvalue weighted by atomic mass is 9.69. The van der Waals surface area contributed by atoms with E-state index < -0.39 is 5.41 Å². The fraction of sp³-hybridized carbons (Fsp3) is 0.581. The average Bonchev–Trinajstić information content (AvgIpc) is 2.98. The summed E-state index contributed by atoms with van der Waals surface area (Å²) in [5.74, 6) is 0.370. The van der Waals surface area contributed by atoms with Crippen LogP contribution in [-0.2, 0) is 28.0 Å². The number of hydrogen-bond donors (Lipinski definition) is 2. The molecule has 0 spiro atoms. The first kappa shape index (κ1) is 26.8. The Kier molecular flexibility index (Phi) is 8.75. The Labute approximate surface area is 226 Å². The summed E-state index contributed by atoms with van der Waals surface area (Å²) >= 11 is 0. The summed E-state index contributed by atoms with van der Waals surface area (Å²) in [7, 11) is 0. The second-order valence-electron chi connectivity index (χ2n) is 11.3. The van der Waals surface area contributed by atoms with E-state index in [2.05, 4.69) is 39.5 Å². The Morgan fingerprint density at radius 2 is 1.89 bits per heavy atom. The number of esters is 1. The van der Waals surface area contributed by atoms with E-state index in [0.29, 0.717) is 23.7 Å². The van der Waals surface area contributed by atoms with Gasteiger partial charge in [0.15, 0.2) is 0 Å². The predicted molar refractivity (Wildman–Crippen MR) is 146 cm³/mol. The lowest BCUT2D eigenvalue weighted by molar-refractivity contribution is -0.167. The van der Waals surface area contributed by atoms with Gasteiger partial charge in [-0.15, -0.1) is 0 Å². The predicted octanol–water partition coefficient (Wildman–Crippen LogP) is 4.17. The summed E-state index contributed by atoms with van der Waals surface area (Å²) in [6.07, 6.45) is 11.6. The van der Waals surface area contributed by atoms with Crippen LogP contribution in [0.2, 0.25) is 0 Å². The van der Waals surface area contributed by atoms with E-state index in [4.69, 9.17) is 9.84 Å². The number of benzene rings is 1. The number of carbonyl (C=O) groups excluding carboxylic acids is 2. The topological polar surface area (TPSA) is 91.8 Å². The minimum atomic E-state index is -0.520. The number of ether oxygens (including phenoxy) is 1. The number of unbranched alkanes of at least 4 members (excludes halogenated alkanes) is 1. The average molecular weight is 520 g/mol. The van der Waals surface area contributed by atoms with Gasteiger partial charge in [0.05, 0.1) is 23.3 Å². The zero-order valence-electron chi connectivity index (χ0n) is 22.4. The molecule has 2 bridgehead atoms. The Balaban J connectivity index is 1.16. The van der Waals surface area contributed by atoms with Crippen molar-refractivity contribution < 1.29 is 19.4 Å². The van der Waals surface area contributed by atoms with Crippen LogP contribution < -0.4 is 5.32 Å². The summed E-state index contributed by atoms with van der Waals surface area (Å²) in [6, 6.07) is 11.9. The molecule has 1 aliphatic carbocycles. The summed E-state index contributed by atoms with van der Waals surface area (Å²) in [4.78, 5) is 32.6. The number of nitrogens with zero attached hydrogens (tertiary/aromatic N) is 2. The molecule has 1 aromatic carbocycles. The molecule has 4 fully saturated rings. The van der Waals surface area contributed by atoms with Gasteiger partial charge in [0, 0.05) is 19.3 Å². The van der Waals surface area contributed by atoms with Crippen molar-refractivity contribution in [2.75, 3.05) is 26.2 Å². The second kappa shape index (κ2) is 12.4. The zero-order valence-corrected chi connectivity index (χ0v) is 22.4. The number of amides is 1. The third-order valence-corrected chi connectivity index (χ3v) is 8.86. The van der Waals surface area contributed by atoms with E-state index in [0.717, 1.165) is 83.0 Å². The molecule has 0 radical (unpaired) electrons. The summed E-state index contributed by atoms with van der Waals surface area (Å²) < 4.78 is 6.31. The molecule has 7 nitrogen and oxygen atoms in total. The van der Waals surface area contributed by atoms with E-state index >= 15 is 0 Å². The molecule has 2 N–H and O–H groups in total. The minimum Gasteiger partial charge on any atom is -0.460 e. The highest BCUT2D eigenvalue weighted by atomic mass is 16.5. The molecule has 0 unspecified atom stereocenters. The van der Waals surface area contributed by atoms with Gasteiger partial charge in [-0.25, -0.2) is 0 Å². The molecule has 2 aromatic rings. The van der Waals surface area contributed by atoms with Crippen molar-refractivity contribution in [1.82, 2.24) is 15.2 Å². The highest BCUT2D eigenvalue weighted by molar-refractivity contribution is 5.93. The van der Waals surface area contributed by atoms with Crippen LogP contribution in [0.3, 0.4) is 0 Å². The summed E-state index contributed by atoms with van der Waals surface area (Å²) in [5, 5.41) is 12.0. The van der Waals surface area contributed by atoms with Crippen LogP contribution in [0, 0.1) is 5.92 Å². The number of nitrogens with one attached hydrogen (secondary N) is 1. The lowest BCUT2D eigenvalue weighted by Gasteiger charge is -2.45. The minimum absolute atomic E-state index is 0.00248. The van der Waals surface area contributed by atoms with E-state index in [9.17, 15) is 9.59 Å². The maximum Gasteiger partial charge on any atom is 0.316 e. The zero-order chi connectivity index (χ0) is 26.4. The molecule has 7 heteroatoms. The lowest BCUT2D eigenvalue weighted by Crippen LogP contribution is -2.53. The third kappa shape index (κ3) is 6.10. The van der Waals surface area contributed by atoms with Gasteiger partial charge in [-0.05, 0) is 87.2 Å². The number of aliphatic hydroxyl groups is 1. The van der Waals surface area contributed by atoms with E-state index in [1.165, 1.54) is 18.2 Å². The van der Waals surface area contributed by atoms with Crippen molar-refractivity contribution in [2.45, 2.75) is 82.3 Å². The van der Waals surface area contributed by atoms with Gasteiger partial charge < -0.3 is 15.2 Å². The van der Waals surface area contributed by atoms with Crippen molar-refractivity contribution >= 4 is 11.9 Å². The summed E-state index contributed by atoms with van der Waals surface area (Å²) in [6.45, 7) is 3.64. The van der Waals surface area contributed by atoms with Crippen LogP contribution in [-0.4, -0.2) is 59.1 Å². The molecule has 4 heterocycles. The van der Waals surface area contributed by atoms with Crippen LogP contribution in [0.15, 0.2) is 42.6 Å². The number of aliphatic hydroxyl groups excluding tert-OH is 1. The molecule has 3 aliphatic heterocycles. The Bertz CT molecular complexity index is 1090. The Morgan fingerprint density at radius 3 is 2.58 bits per heavy atom. The number of piperidine rings is 3. The monoisotopic (exact) mass is 519 g/mol. The van der Waals surface area contributed by atoms with Crippen LogP contribution in [0.5, 0.6) is 0 Å². The number of carbonyl (C=O) groups is 2. The maximum absolute atomic E-state index is 13.8. The first-order chi connectivity index (χ1) is 18.6. The van der Waals surface area contributed by atoms with Gasteiger partial charge in [-0.1, -0.05) is 43.5 Å². The molecule has 1 atom stereocenters. The highest BCUT2D eigenvalue weighted by Crippen LogP contribution is 2.42. The first-order valence-corrected chi connectivity index (χ1v) is 14.4. The van der Waals surface area contributed by atoms with E-state index in [-0.39, 0.29) is 24.6 Å². The van der Waals surface area contributed by atoms with Crippen molar-refractivity contribution in [3.8, 4) is 0 Å². The van der Waals surface area contributed by atoms with E-state index in [1.807, 2.05) is 0 Å². The normalized spacial score (nSPS) is 24.1. The maximum atomic E-state index is 13.8. The molecule has 6 rings (SSSR count). The van der Waals surface area contributed by atoms with Crippen LogP contribution >= 0.6 is 0 Å². The van der Waals surface area contributed by atoms with Crippen molar-refractivity contribution in [2.24, 2.45) is 5.92 Å². The molecule has 1 saturated carbocycles. The summed E-state index contributed by atoms with van der Waals surface area (Å²) in [5.41, 5.74) is 2.88. The molecule has 1 amide bonds. The fourth-order valence-electron chi connectivity index (χ4n) is 6.50. The highest BCUT2D eigenvalue weighted by Gasteiger charge is 2.45. The van der Waals surface area contributed by atoms with Crippen LogP contribution in [0.4, 0.5) is 0 Å². The molecular formula is C31H41N3O4. The van der Waals surface area contributed by atoms with Gasteiger partial charge in [0.2, 0.25) is 0 Å². The quantitative estimate of drug-likeness (QED) is 0.362. The smallest absolute Gasteiger partial charge is 0.316 e. The number of hydrogen-bond acceptors (Lipinski definition) is 6. The third-order valence-electron chi connectivity index (χ3n) is 8.86. The number of pyridine rings is 1. The second-order valence-corrected chi connectivity index (χ2v) is 11.3. The number of rotatable bonds is 10. The fourth-order valence-corrected chi connectivity index (χ4v) is 6.50. The number of aromatic nitrogens is 1. The Hall–Kier alpha value is -2.77. The molecule has 3 saturated heterocycles. The largest absolute Gasteiger partial charge is 0.460 e. The van der Waals surface area contributed by atoms with Gasteiger partial charge in [0.1, 0.15) is 6.10 Å². The van der Waals surface area contributed by atoms with Crippen LogP contribution in [0.25, 0.3) is 0 Å². The van der Waals surface area contributed by atoms with E-state index in [1.54, 1.807) is 12.1 Å². The SMILES string of the molecule is O=C(NCCCCc1cccc(C2(C(=O)O[C@H]3CN4CCC3CC4)CCCCC2)c1)c1ccc(CO)nc1. The first-order valence-electron chi connectivity index (χ1n) is 14.4.